The molecule has 0 aliphatic heterocycles. The second-order valence-corrected chi connectivity index (χ2v) is 6.48. The zero-order valence-corrected chi connectivity index (χ0v) is 14.1. The fourth-order valence-corrected chi connectivity index (χ4v) is 3.14. The molecule has 0 saturated heterocycles. The number of hydrogen-bond acceptors (Lipinski definition) is 1. The lowest BCUT2D eigenvalue weighted by molar-refractivity contribution is 0.400. The van der Waals surface area contributed by atoms with Gasteiger partial charge in [0, 0.05) is 29.7 Å². The minimum atomic E-state index is -0.535. The molecule has 4 heteroatoms. The van der Waals surface area contributed by atoms with Gasteiger partial charge in [0.05, 0.1) is 0 Å². The highest BCUT2D eigenvalue weighted by atomic mass is 19.1. The molecule has 0 spiro atoms. The third-order valence-corrected chi connectivity index (χ3v) is 4.20. The molecule has 1 heterocycles. The molecule has 24 heavy (non-hydrogen) atoms. The minimum absolute atomic E-state index is 0.461. The number of fused-ring (bicyclic) bond motifs is 1. The van der Waals surface area contributed by atoms with E-state index in [9.17, 15) is 8.78 Å². The summed E-state index contributed by atoms with van der Waals surface area (Å²) in [4.78, 5) is 2.18. The lowest BCUT2D eigenvalue weighted by Crippen LogP contribution is -2.13. The third kappa shape index (κ3) is 3.82. The van der Waals surface area contributed by atoms with Gasteiger partial charge in [-0.25, -0.2) is 8.78 Å². The van der Waals surface area contributed by atoms with Gasteiger partial charge in [0.1, 0.15) is 11.6 Å². The predicted octanol–water partition coefficient (Wildman–Crippen LogP) is 4.46. The summed E-state index contributed by atoms with van der Waals surface area (Å²) in [6.45, 7) is 1.50. The topological polar surface area (TPSA) is 8.17 Å². The van der Waals surface area contributed by atoms with E-state index < -0.39 is 11.6 Å². The van der Waals surface area contributed by atoms with E-state index >= 15 is 0 Å². The van der Waals surface area contributed by atoms with Crippen LogP contribution in [0.15, 0.2) is 48.7 Å². The molecule has 126 valence electrons. The van der Waals surface area contributed by atoms with Gasteiger partial charge in [-0.05, 0) is 62.8 Å². The Kier molecular flexibility index (Phi) is 4.95. The molecule has 1 aromatic heterocycles. The molecule has 3 rings (SSSR count). The van der Waals surface area contributed by atoms with E-state index in [0.29, 0.717) is 12.1 Å². The number of benzene rings is 2. The van der Waals surface area contributed by atoms with Crippen molar-refractivity contribution in [3.63, 3.8) is 0 Å². The molecule has 2 aromatic carbocycles. The van der Waals surface area contributed by atoms with E-state index in [1.807, 2.05) is 12.1 Å². The van der Waals surface area contributed by atoms with Gasteiger partial charge in [0.15, 0.2) is 0 Å². The number of aromatic nitrogens is 1. The van der Waals surface area contributed by atoms with Crippen molar-refractivity contribution in [1.29, 1.82) is 0 Å². The zero-order valence-electron chi connectivity index (χ0n) is 14.1. The van der Waals surface area contributed by atoms with Gasteiger partial charge in [0.2, 0.25) is 0 Å². The molecule has 0 radical (unpaired) electrons. The molecule has 0 aliphatic rings. The summed E-state index contributed by atoms with van der Waals surface area (Å²) in [6, 6.07) is 11.9. The first-order valence-corrected chi connectivity index (χ1v) is 8.19. The third-order valence-electron chi connectivity index (χ3n) is 4.20. The molecule has 0 fully saturated rings. The highest BCUT2D eigenvalue weighted by molar-refractivity contribution is 5.84. The van der Waals surface area contributed by atoms with Crippen molar-refractivity contribution in [3.05, 3.63) is 71.4 Å². The smallest absolute Gasteiger partial charge is 0.126 e. The van der Waals surface area contributed by atoms with Crippen LogP contribution in [0.5, 0.6) is 0 Å². The number of para-hydroxylation sites is 1. The van der Waals surface area contributed by atoms with Crippen molar-refractivity contribution in [2.75, 3.05) is 20.6 Å². The molecule has 3 aromatic rings. The summed E-state index contributed by atoms with van der Waals surface area (Å²) in [5.74, 6) is -1.07. The van der Waals surface area contributed by atoms with Gasteiger partial charge < -0.3 is 9.47 Å². The molecule has 0 amide bonds. The first-order valence-electron chi connectivity index (χ1n) is 8.19. The van der Waals surface area contributed by atoms with E-state index in [4.69, 9.17) is 0 Å². The van der Waals surface area contributed by atoms with Crippen LogP contribution in [0.2, 0.25) is 0 Å². The Morgan fingerprint density at radius 3 is 2.42 bits per heavy atom. The van der Waals surface area contributed by atoms with Crippen LogP contribution in [0.1, 0.15) is 17.5 Å². The molecule has 0 atom stereocenters. The Labute approximate surface area is 141 Å². The Hall–Kier alpha value is -2.20. The van der Waals surface area contributed by atoms with Gasteiger partial charge in [-0.1, -0.05) is 18.2 Å². The molecule has 0 unspecified atom stereocenters. The standard InChI is InChI=1S/C20H22F2N2/c1-23(2)9-5-6-16-14-24(20-8-4-3-7-19(16)20)13-15-10-17(21)12-18(22)11-15/h3-4,7-8,10-12,14H,5-6,9,13H2,1-2H3. The summed E-state index contributed by atoms with van der Waals surface area (Å²) in [7, 11) is 4.14. The van der Waals surface area contributed by atoms with Crippen LogP contribution in [0.3, 0.4) is 0 Å². The SMILES string of the molecule is CN(C)CCCc1cn(Cc2cc(F)cc(F)c2)c2ccccc12. The average Bonchev–Trinajstić information content (AvgIpc) is 2.84. The molecule has 0 N–H and O–H groups in total. The van der Waals surface area contributed by atoms with Crippen molar-refractivity contribution < 1.29 is 8.78 Å². The van der Waals surface area contributed by atoms with Gasteiger partial charge in [-0.3, -0.25) is 0 Å². The first kappa shape index (κ1) is 16.7. The molecule has 0 saturated carbocycles. The van der Waals surface area contributed by atoms with E-state index in [1.165, 1.54) is 23.1 Å². The molecule has 0 bridgehead atoms. The Morgan fingerprint density at radius 2 is 1.71 bits per heavy atom. The fourth-order valence-electron chi connectivity index (χ4n) is 3.14. The first-order chi connectivity index (χ1) is 11.5. The maximum absolute atomic E-state index is 13.4. The Balaban J connectivity index is 1.90. The van der Waals surface area contributed by atoms with E-state index in [1.54, 1.807) is 0 Å². The van der Waals surface area contributed by atoms with Crippen molar-refractivity contribution in [2.45, 2.75) is 19.4 Å². The summed E-state index contributed by atoms with van der Waals surface area (Å²) < 4.78 is 29.0. The highest BCUT2D eigenvalue weighted by Crippen LogP contribution is 2.24. The minimum Gasteiger partial charge on any atom is -0.343 e. The van der Waals surface area contributed by atoms with E-state index in [-0.39, 0.29) is 0 Å². The molecular weight excluding hydrogens is 306 g/mol. The fraction of sp³-hybridized carbons (Fsp3) is 0.300. The van der Waals surface area contributed by atoms with E-state index in [2.05, 4.69) is 41.9 Å². The van der Waals surface area contributed by atoms with Crippen molar-refractivity contribution in [2.24, 2.45) is 0 Å². The van der Waals surface area contributed by atoms with Crippen LogP contribution in [0, 0.1) is 11.6 Å². The van der Waals surface area contributed by atoms with Crippen LogP contribution in [0.25, 0.3) is 10.9 Å². The van der Waals surface area contributed by atoms with Crippen LogP contribution >= 0.6 is 0 Å². The van der Waals surface area contributed by atoms with Gasteiger partial charge >= 0.3 is 0 Å². The second-order valence-electron chi connectivity index (χ2n) is 6.48. The quantitative estimate of drug-likeness (QED) is 0.648. The van der Waals surface area contributed by atoms with Gasteiger partial charge in [-0.2, -0.15) is 0 Å². The molecule has 0 aliphatic carbocycles. The summed E-state index contributed by atoms with van der Waals surface area (Å²) >= 11 is 0. The maximum atomic E-state index is 13.4. The van der Waals surface area contributed by atoms with Crippen LogP contribution in [-0.2, 0) is 13.0 Å². The second kappa shape index (κ2) is 7.14. The number of halogens is 2. The van der Waals surface area contributed by atoms with Crippen molar-refractivity contribution in [1.82, 2.24) is 9.47 Å². The highest BCUT2D eigenvalue weighted by Gasteiger charge is 2.09. The van der Waals surface area contributed by atoms with Crippen LogP contribution in [-0.4, -0.2) is 30.1 Å². The number of nitrogens with zero attached hydrogens (tertiary/aromatic N) is 2. The van der Waals surface area contributed by atoms with Crippen molar-refractivity contribution >= 4 is 10.9 Å². The number of hydrogen-bond donors (Lipinski definition) is 0. The predicted molar refractivity (Wildman–Crippen MR) is 94.3 cm³/mol. The molecule has 2 nitrogen and oxygen atoms in total. The summed E-state index contributed by atoms with van der Waals surface area (Å²) in [5.41, 5.74) is 3.01. The van der Waals surface area contributed by atoms with Gasteiger partial charge in [0.25, 0.3) is 0 Å². The van der Waals surface area contributed by atoms with Crippen LogP contribution in [0.4, 0.5) is 8.78 Å². The lowest BCUT2D eigenvalue weighted by atomic mass is 10.1. The maximum Gasteiger partial charge on any atom is 0.126 e. The van der Waals surface area contributed by atoms with Gasteiger partial charge in [-0.15, -0.1) is 0 Å². The number of aryl methyl sites for hydroxylation is 1. The largest absolute Gasteiger partial charge is 0.343 e. The summed E-state index contributed by atoms with van der Waals surface area (Å²) in [5, 5.41) is 1.22. The monoisotopic (exact) mass is 328 g/mol. The average molecular weight is 328 g/mol. The normalized spacial score (nSPS) is 11.5. The Morgan fingerprint density at radius 1 is 1.00 bits per heavy atom. The summed E-state index contributed by atoms with van der Waals surface area (Å²) in [6.07, 6.45) is 4.18. The molecular formula is C20H22F2N2. The zero-order chi connectivity index (χ0) is 17.1. The Bertz CT molecular complexity index is 817. The number of rotatable bonds is 6. The van der Waals surface area contributed by atoms with Crippen molar-refractivity contribution in [3.8, 4) is 0 Å². The lowest BCUT2D eigenvalue weighted by Gasteiger charge is -2.08. The van der Waals surface area contributed by atoms with E-state index in [0.717, 1.165) is 31.0 Å². The van der Waals surface area contributed by atoms with Crippen LogP contribution < -0.4 is 0 Å².